The molecule has 1 saturated heterocycles. The molecule has 2 N–H and O–H groups in total. The van der Waals surface area contributed by atoms with Gasteiger partial charge in [-0.3, -0.25) is 0 Å². The number of likely N-dealkylation sites (tertiary alicyclic amines) is 1. The summed E-state index contributed by atoms with van der Waals surface area (Å²) in [5, 5.41) is 2.35. The number of hydrogen-bond donors (Lipinski definition) is 1. The first kappa shape index (κ1) is 14.3. The van der Waals surface area contributed by atoms with E-state index in [2.05, 4.69) is 12.2 Å². The quantitative estimate of drug-likeness (QED) is 0.753. The lowest BCUT2D eigenvalue weighted by atomic mass is 10.0. The van der Waals surface area contributed by atoms with Crippen LogP contribution in [0, 0.1) is 0 Å². The van der Waals surface area contributed by atoms with Crippen LogP contribution in [0.1, 0.15) is 26.7 Å². The molecule has 0 aliphatic carbocycles. The highest BCUT2D eigenvalue weighted by Crippen LogP contribution is 2.08. The molecule has 100 valence electrons. The average molecular weight is 245 g/mol. The highest BCUT2D eigenvalue weighted by molar-refractivity contribution is 5.67. The molecule has 0 spiro atoms. The maximum absolute atomic E-state index is 11.5. The Labute approximate surface area is 103 Å². The van der Waals surface area contributed by atoms with Crippen LogP contribution >= 0.6 is 0 Å². The van der Waals surface area contributed by atoms with Crippen molar-refractivity contribution in [3.05, 3.63) is 0 Å². The van der Waals surface area contributed by atoms with Gasteiger partial charge in [-0.15, -0.1) is 0 Å². The molecule has 0 unspecified atom stereocenters. The summed E-state index contributed by atoms with van der Waals surface area (Å²) in [6.45, 7) is 6.85. The van der Waals surface area contributed by atoms with Crippen LogP contribution in [0.25, 0.3) is 0 Å². The molecule has 1 heterocycles. The van der Waals surface area contributed by atoms with Gasteiger partial charge in [0.2, 0.25) is 0 Å². The molecule has 1 fully saturated rings. The second-order valence-electron chi connectivity index (χ2n) is 4.65. The Morgan fingerprint density at radius 1 is 1.47 bits per heavy atom. The molecule has 0 bridgehead atoms. The molecular formula is C12H25N2O3+. The van der Waals surface area contributed by atoms with E-state index in [9.17, 15) is 4.79 Å². The van der Waals surface area contributed by atoms with Gasteiger partial charge in [0.25, 0.3) is 0 Å². The van der Waals surface area contributed by atoms with Crippen LogP contribution < -0.4 is 5.32 Å². The van der Waals surface area contributed by atoms with Crippen LogP contribution in [0.5, 0.6) is 0 Å². The fraction of sp³-hybridized carbons (Fsp3) is 0.917. The number of quaternary nitrogens is 1. The number of nitrogens with zero attached hydrogens (tertiary/aromatic N) is 1. The molecule has 1 aliphatic heterocycles. The van der Waals surface area contributed by atoms with E-state index in [0.717, 1.165) is 32.5 Å². The molecule has 0 aromatic heterocycles. The van der Waals surface area contributed by atoms with Gasteiger partial charge < -0.3 is 19.7 Å². The number of piperidine rings is 1. The third-order valence-corrected chi connectivity index (χ3v) is 3.10. The van der Waals surface area contributed by atoms with Crippen LogP contribution in [-0.4, -0.2) is 56.5 Å². The van der Waals surface area contributed by atoms with Gasteiger partial charge in [0.05, 0.1) is 19.3 Å². The number of rotatable bonds is 5. The van der Waals surface area contributed by atoms with E-state index in [1.807, 2.05) is 6.92 Å². The van der Waals surface area contributed by atoms with Crippen molar-refractivity contribution in [2.45, 2.75) is 38.8 Å². The van der Waals surface area contributed by atoms with Gasteiger partial charge in [-0.2, -0.15) is 0 Å². The highest BCUT2D eigenvalue weighted by Gasteiger charge is 2.26. The van der Waals surface area contributed by atoms with Crippen LogP contribution in [0.2, 0.25) is 0 Å². The number of carbonyl (C=O) groups excluding carboxylic acids is 1. The topological polar surface area (TPSA) is 55.4 Å². The Morgan fingerprint density at radius 2 is 2.12 bits per heavy atom. The van der Waals surface area contributed by atoms with E-state index in [-0.39, 0.29) is 6.09 Å². The Bertz CT molecular complexity index is 228. The molecule has 1 rings (SSSR count). The molecule has 0 aromatic rings. The summed E-state index contributed by atoms with van der Waals surface area (Å²) in [5.41, 5.74) is 0. The molecule has 5 nitrogen and oxygen atoms in total. The smallest absolute Gasteiger partial charge is 0.409 e. The largest absolute Gasteiger partial charge is 0.450 e. The van der Waals surface area contributed by atoms with Crippen LogP contribution in [0.4, 0.5) is 4.79 Å². The predicted octanol–water partition coefficient (Wildman–Crippen LogP) is 0.206. The Balaban J connectivity index is 2.23. The predicted molar refractivity (Wildman–Crippen MR) is 64.9 cm³/mol. The summed E-state index contributed by atoms with van der Waals surface area (Å²) in [4.78, 5) is 13.3. The van der Waals surface area contributed by atoms with E-state index in [0.29, 0.717) is 18.7 Å². The monoisotopic (exact) mass is 245 g/mol. The molecule has 0 radical (unpaired) electrons. The van der Waals surface area contributed by atoms with Crippen LogP contribution in [-0.2, 0) is 9.47 Å². The van der Waals surface area contributed by atoms with Gasteiger partial charge in [0.15, 0.2) is 0 Å². The second-order valence-corrected chi connectivity index (χ2v) is 4.65. The lowest BCUT2D eigenvalue weighted by molar-refractivity contribution is -0.722. The number of methoxy groups -OCH3 is 1. The maximum Gasteiger partial charge on any atom is 0.409 e. The average Bonchev–Trinajstić information content (AvgIpc) is 2.30. The van der Waals surface area contributed by atoms with Crippen molar-refractivity contribution in [3.8, 4) is 0 Å². The Morgan fingerprint density at radius 3 is 2.65 bits per heavy atom. The number of ether oxygens (including phenoxy) is 2. The molecule has 1 amide bonds. The number of hydrogen-bond acceptors (Lipinski definition) is 3. The number of nitrogens with two attached hydrogens (primary N) is 1. The highest BCUT2D eigenvalue weighted by atomic mass is 16.6. The Kier molecular flexibility index (Phi) is 6.29. The zero-order chi connectivity index (χ0) is 12.7. The van der Waals surface area contributed by atoms with Gasteiger partial charge >= 0.3 is 6.09 Å². The van der Waals surface area contributed by atoms with E-state index < -0.39 is 0 Å². The summed E-state index contributed by atoms with van der Waals surface area (Å²) in [7, 11) is 1.73. The van der Waals surface area contributed by atoms with Gasteiger partial charge in [-0.25, -0.2) is 4.79 Å². The fourth-order valence-electron chi connectivity index (χ4n) is 2.27. The molecule has 5 heteroatoms. The van der Waals surface area contributed by atoms with Gasteiger partial charge in [-0.1, -0.05) is 0 Å². The van der Waals surface area contributed by atoms with E-state index in [4.69, 9.17) is 9.47 Å². The third-order valence-electron chi connectivity index (χ3n) is 3.10. The van der Waals surface area contributed by atoms with Gasteiger partial charge in [0.1, 0.15) is 6.04 Å². The van der Waals surface area contributed by atoms with Gasteiger partial charge in [0, 0.05) is 33.0 Å². The maximum atomic E-state index is 11.5. The van der Waals surface area contributed by atoms with Crippen molar-refractivity contribution >= 4 is 6.09 Å². The normalized spacial score (nSPS) is 19.1. The SMILES string of the molecule is CCOC(=O)N1CCC([NH2+][C@@H](C)COC)CC1. The lowest BCUT2D eigenvalue weighted by Gasteiger charge is -2.31. The van der Waals surface area contributed by atoms with Crippen molar-refractivity contribution in [2.75, 3.05) is 33.4 Å². The molecule has 1 atom stereocenters. The minimum Gasteiger partial charge on any atom is -0.450 e. The summed E-state index contributed by atoms with van der Waals surface area (Å²) < 4.78 is 10.1. The number of amides is 1. The van der Waals surface area contributed by atoms with E-state index in [1.54, 1.807) is 12.0 Å². The van der Waals surface area contributed by atoms with Gasteiger partial charge in [-0.05, 0) is 13.8 Å². The third kappa shape index (κ3) is 4.91. The minimum atomic E-state index is -0.170. The van der Waals surface area contributed by atoms with Crippen molar-refractivity contribution < 1.29 is 19.6 Å². The summed E-state index contributed by atoms with van der Waals surface area (Å²) in [6, 6.07) is 1.09. The van der Waals surface area contributed by atoms with Crippen molar-refractivity contribution in [3.63, 3.8) is 0 Å². The molecule has 1 aliphatic rings. The first-order valence-electron chi connectivity index (χ1n) is 6.43. The van der Waals surface area contributed by atoms with Crippen LogP contribution in [0.3, 0.4) is 0 Å². The first-order valence-corrected chi connectivity index (χ1v) is 6.43. The summed E-state index contributed by atoms with van der Waals surface area (Å²) in [5.74, 6) is 0. The van der Waals surface area contributed by atoms with Crippen molar-refractivity contribution in [1.29, 1.82) is 0 Å². The first-order chi connectivity index (χ1) is 8.17. The van der Waals surface area contributed by atoms with Crippen LogP contribution in [0.15, 0.2) is 0 Å². The van der Waals surface area contributed by atoms with Crippen molar-refractivity contribution in [1.82, 2.24) is 4.90 Å². The fourth-order valence-corrected chi connectivity index (χ4v) is 2.27. The second kappa shape index (κ2) is 7.50. The van der Waals surface area contributed by atoms with E-state index in [1.165, 1.54) is 0 Å². The summed E-state index contributed by atoms with van der Waals surface area (Å²) >= 11 is 0. The zero-order valence-corrected chi connectivity index (χ0v) is 11.1. The minimum absolute atomic E-state index is 0.170. The number of carbonyl (C=O) groups is 1. The molecular weight excluding hydrogens is 220 g/mol. The molecule has 0 saturated carbocycles. The zero-order valence-electron chi connectivity index (χ0n) is 11.1. The van der Waals surface area contributed by atoms with E-state index >= 15 is 0 Å². The summed E-state index contributed by atoms with van der Waals surface area (Å²) in [6.07, 6.45) is 1.90. The van der Waals surface area contributed by atoms with Crippen molar-refractivity contribution in [2.24, 2.45) is 0 Å². The Hall–Kier alpha value is -0.810. The molecule has 17 heavy (non-hydrogen) atoms. The lowest BCUT2D eigenvalue weighted by Crippen LogP contribution is -2.96. The molecule has 0 aromatic carbocycles. The standard InChI is InChI=1S/C12H24N2O3/c1-4-17-12(15)14-7-5-11(6-8-14)13-10(2)9-16-3/h10-11,13H,4-9H2,1-3H3/p+1/t10-/m0/s1.